The quantitative estimate of drug-likeness (QED) is 0.284. The summed E-state index contributed by atoms with van der Waals surface area (Å²) in [5, 5.41) is 2.00. The molecule has 3 aromatic carbocycles. The monoisotopic (exact) mass is 545 g/mol. The van der Waals surface area contributed by atoms with Crippen LogP contribution in [0.4, 0.5) is 4.79 Å². The fourth-order valence-corrected chi connectivity index (χ4v) is 9.71. The van der Waals surface area contributed by atoms with Crippen molar-refractivity contribution in [1.82, 2.24) is 4.90 Å². The zero-order chi connectivity index (χ0) is 28.3. The van der Waals surface area contributed by atoms with E-state index in [9.17, 15) is 9.59 Å². The van der Waals surface area contributed by atoms with Gasteiger partial charge in [-0.1, -0.05) is 112 Å². The molecule has 0 aliphatic carbocycles. The molecular weight excluding hydrogens is 506 g/mol. The predicted molar refractivity (Wildman–Crippen MR) is 155 cm³/mol. The molecule has 2 amide bonds. The summed E-state index contributed by atoms with van der Waals surface area (Å²) < 4.78 is 18.8. The average molecular weight is 546 g/mol. The molecule has 1 aliphatic rings. The van der Waals surface area contributed by atoms with Gasteiger partial charge in [0.15, 0.2) is 6.10 Å². The first-order valence-electron chi connectivity index (χ1n) is 13.4. The van der Waals surface area contributed by atoms with Crippen LogP contribution in [0, 0.1) is 0 Å². The van der Waals surface area contributed by atoms with Gasteiger partial charge in [0.05, 0.1) is 13.2 Å². The molecule has 1 aliphatic heterocycles. The highest BCUT2D eigenvalue weighted by Gasteiger charge is 2.56. The number of carbonyl (C=O) groups is 2. The van der Waals surface area contributed by atoms with Gasteiger partial charge in [-0.25, -0.2) is 9.69 Å². The standard InChI is InChI=1S/C32H39NO5Si/c1-31(2,3)38-30(35)33-27(28(29(33)34)36-22-24-16-10-7-11-17-24)23-37-39(32(4,5)6,25-18-12-8-13-19-25)26-20-14-9-15-21-26/h7-21,27-28H,22-23H2,1-6H3/t27-,28-/m1/s1. The number of likely N-dealkylation sites (tertiary alicyclic amines) is 1. The molecule has 2 atom stereocenters. The minimum atomic E-state index is -2.89. The fraction of sp³-hybridized carbons (Fsp3) is 0.375. The number of amides is 2. The molecule has 206 valence electrons. The number of hydrogen-bond acceptors (Lipinski definition) is 5. The van der Waals surface area contributed by atoms with Gasteiger partial charge in [0, 0.05) is 0 Å². The summed E-state index contributed by atoms with van der Waals surface area (Å²) in [5.41, 5.74) is 0.212. The molecule has 0 spiro atoms. The third-order valence-electron chi connectivity index (χ3n) is 6.91. The Balaban J connectivity index is 1.68. The van der Waals surface area contributed by atoms with Crippen LogP contribution in [0.3, 0.4) is 0 Å². The van der Waals surface area contributed by atoms with E-state index in [1.54, 1.807) is 20.8 Å². The van der Waals surface area contributed by atoms with Crippen molar-refractivity contribution in [2.75, 3.05) is 6.61 Å². The lowest BCUT2D eigenvalue weighted by molar-refractivity contribution is -0.175. The van der Waals surface area contributed by atoms with Crippen LogP contribution in [-0.2, 0) is 25.3 Å². The molecular formula is C32H39NO5Si. The number of ether oxygens (including phenoxy) is 2. The average Bonchev–Trinajstić information content (AvgIpc) is 2.88. The summed E-state index contributed by atoms with van der Waals surface area (Å²) >= 11 is 0. The van der Waals surface area contributed by atoms with Crippen LogP contribution in [0.2, 0.25) is 5.04 Å². The van der Waals surface area contributed by atoms with Gasteiger partial charge in [0.25, 0.3) is 14.2 Å². The second-order valence-corrected chi connectivity index (χ2v) is 16.3. The Bertz CT molecular complexity index is 1210. The molecule has 1 fully saturated rings. The van der Waals surface area contributed by atoms with E-state index in [1.807, 2.05) is 66.7 Å². The van der Waals surface area contributed by atoms with Crippen LogP contribution in [-0.4, -0.2) is 49.6 Å². The van der Waals surface area contributed by atoms with Gasteiger partial charge in [0.2, 0.25) is 0 Å². The van der Waals surface area contributed by atoms with Gasteiger partial charge in [0.1, 0.15) is 11.6 Å². The zero-order valence-electron chi connectivity index (χ0n) is 23.7. The number of β-lactam (4-membered cyclic amide) rings is 1. The summed E-state index contributed by atoms with van der Waals surface area (Å²) in [4.78, 5) is 27.5. The second kappa shape index (κ2) is 11.5. The Morgan fingerprint density at radius 2 is 1.28 bits per heavy atom. The smallest absolute Gasteiger partial charge is 0.417 e. The fourth-order valence-electron chi connectivity index (χ4n) is 5.13. The van der Waals surface area contributed by atoms with Crippen molar-refractivity contribution in [2.45, 2.75) is 70.9 Å². The third kappa shape index (κ3) is 6.16. The maximum atomic E-state index is 13.2. The molecule has 0 aromatic heterocycles. The van der Waals surface area contributed by atoms with Crippen LogP contribution in [0.25, 0.3) is 0 Å². The lowest BCUT2D eigenvalue weighted by Crippen LogP contribution is -2.72. The first-order valence-corrected chi connectivity index (χ1v) is 15.3. The number of nitrogens with zero attached hydrogens (tertiary/aromatic N) is 1. The SMILES string of the molecule is CC(C)(C)OC(=O)N1C(=O)[C@H](OCc2ccccc2)[C@H]1CO[Si](c1ccccc1)(c1ccccc1)C(C)(C)C. The molecule has 39 heavy (non-hydrogen) atoms. The maximum Gasteiger partial charge on any atom is 0.417 e. The van der Waals surface area contributed by atoms with Crippen LogP contribution < -0.4 is 10.4 Å². The van der Waals surface area contributed by atoms with Gasteiger partial charge in [-0.3, -0.25) is 4.79 Å². The van der Waals surface area contributed by atoms with Gasteiger partial charge >= 0.3 is 6.09 Å². The molecule has 3 aromatic rings. The molecule has 0 radical (unpaired) electrons. The topological polar surface area (TPSA) is 65.1 Å². The molecule has 0 N–H and O–H groups in total. The van der Waals surface area contributed by atoms with Gasteiger partial charge in [-0.2, -0.15) is 0 Å². The summed E-state index contributed by atoms with van der Waals surface area (Å²) in [6, 6.07) is 29.6. The number of carbonyl (C=O) groups excluding carboxylic acids is 2. The highest BCUT2D eigenvalue weighted by atomic mass is 28.4. The van der Waals surface area contributed by atoms with Crippen molar-refractivity contribution >= 4 is 30.7 Å². The van der Waals surface area contributed by atoms with Crippen molar-refractivity contribution in [3.63, 3.8) is 0 Å². The van der Waals surface area contributed by atoms with E-state index in [1.165, 1.54) is 4.90 Å². The Morgan fingerprint density at radius 3 is 1.74 bits per heavy atom. The first-order chi connectivity index (χ1) is 18.4. The molecule has 0 saturated carbocycles. The summed E-state index contributed by atoms with van der Waals surface area (Å²) in [6.45, 7) is 12.3. The van der Waals surface area contributed by atoms with Crippen molar-refractivity contribution < 1.29 is 23.5 Å². The maximum absolute atomic E-state index is 13.2. The Kier molecular flexibility index (Phi) is 8.44. The summed E-state index contributed by atoms with van der Waals surface area (Å²) in [5.74, 6) is -0.406. The summed E-state index contributed by atoms with van der Waals surface area (Å²) in [7, 11) is -2.89. The molecule has 0 bridgehead atoms. The van der Waals surface area contributed by atoms with E-state index in [2.05, 4.69) is 45.0 Å². The molecule has 1 heterocycles. The van der Waals surface area contributed by atoms with E-state index in [0.29, 0.717) is 0 Å². The van der Waals surface area contributed by atoms with Crippen LogP contribution >= 0.6 is 0 Å². The Hall–Kier alpha value is -3.26. The largest absolute Gasteiger partial charge is 0.443 e. The number of hydrogen-bond donors (Lipinski definition) is 0. The highest BCUT2D eigenvalue weighted by Crippen LogP contribution is 2.38. The number of rotatable bonds is 8. The van der Waals surface area contributed by atoms with Crippen molar-refractivity contribution in [2.24, 2.45) is 0 Å². The predicted octanol–water partition coefficient (Wildman–Crippen LogP) is 5.29. The van der Waals surface area contributed by atoms with Crippen LogP contribution in [0.15, 0.2) is 91.0 Å². The van der Waals surface area contributed by atoms with E-state index >= 15 is 0 Å². The van der Waals surface area contributed by atoms with E-state index in [0.717, 1.165) is 15.9 Å². The van der Waals surface area contributed by atoms with Crippen molar-refractivity contribution in [3.8, 4) is 0 Å². The van der Waals surface area contributed by atoms with E-state index in [-0.39, 0.29) is 18.3 Å². The molecule has 1 saturated heterocycles. The van der Waals surface area contributed by atoms with Gasteiger partial charge < -0.3 is 13.9 Å². The Labute approximate surface area is 233 Å². The summed E-state index contributed by atoms with van der Waals surface area (Å²) in [6.07, 6.45) is -1.49. The molecule has 6 nitrogen and oxygen atoms in total. The van der Waals surface area contributed by atoms with Gasteiger partial charge in [-0.05, 0) is 41.7 Å². The van der Waals surface area contributed by atoms with Crippen LogP contribution in [0.5, 0.6) is 0 Å². The second-order valence-electron chi connectivity index (χ2n) is 11.9. The third-order valence-corrected chi connectivity index (χ3v) is 11.9. The number of imide groups is 1. The highest BCUT2D eigenvalue weighted by molar-refractivity contribution is 6.99. The molecule has 7 heteroatoms. The van der Waals surface area contributed by atoms with Crippen LogP contribution in [0.1, 0.15) is 47.1 Å². The lowest BCUT2D eigenvalue weighted by Gasteiger charge is -2.48. The minimum absolute atomic E-state index is 0.137. The van der Waals surface area contributed by atoms with E-state index in [4.69, 9.17) is 13.9 Å². The Morgan fingerprint density at radius 1 is 0.795 bits per heavy atom. The van der Waals surface area contributed by atoms with Gasteiger partial charge in [-0.15, -0.1) is 0 Å². The lowest BCUT2D eigenvalue weighted by atomic mass is 9.99. The zero-order valence-corrected chi connectivity index (χ0v) is 24.7. The van der Waals surface area contributed by atoms with E-state index < -0.39 is 38.1 Å². The van der Waals surface area contributed by atoms with Crippen molar-refractivity contribution in [1.29, 1.82) is 0 Å². The normalized spacial score (nSPS) is 18.0. The number of benzene rings is 3. The van der Waals surface area contributed by atoms with Crippen molar-refractivity contribution in [3.05, 3.63) is 96.6 Å². The molecule has 0 unspecified atom stereocenters. The minimum Gasteiger partial charge on any atom is -0.443 e. The first kappa shape index (κ1) is 28.7. The molecule has 4 rings (SSSR count).